The van der Waals surface area contributed by atoms with Crippen LogP contribution in [0.25, 0.3) is 0 Å². The summed E-state index contributed by atoms with van der Waals surface area (Å²) in [6.07, 6.45) is 62.7. The largest absolute Gasteiger partial charge is 0.0654 e. The van der Waals surface area contributed by atoms with Crippen LogP contribution in [0.5, 0.6) is 0 Å². The Bertz CT molecular complexity index is 508. The van der Waals surface area contributed by atoms with E-state index >= 15 is 0 Å². The van der Waals surface area contributed by atoms with E-state index in [-0.39, 0.29) is 0 Å². The lowest BCUT2D eigenvalue weighted by molar-refractivity contribution is 0.541. The highest BCUT2D eigenvalue weighted by Gasteiger charge is 2.39. The van der Waals surface area contributed by atoms with Crippen LogP contribution in [0.2, 0.25) is 0 Å². The van der Waals surface area contributed by atoms with E-state index in [2.05, 4.69) is 34.6 Å². The third-order valence-electron chi connectivity index (χ3n) is 12.2. The fraction of sp³-hybridized carbons (Fsp3) is 1.00. The van der Waals surface area contributed by atoms with Gasteiger partial charge in [-0.2, -0.15) is 0 Å². The van der Waals surface area contributed by atoms with Crippen LogP contribution in [0.15, 0.2) is 0 Å². The minimum atomic E-state index is -0.815. The molecule has 0 aromatic heterocycles. The van der Waals surface area contributed by atoms with Gasteiger partial charge in [0.05, 0.1) is 24.1 Å². The van der Waals surface area contributed by atoms with E-state index in [1.165, 1.54) is 231 Å². The molecule has 0 nitrogen and oxygen atoms in total. The van der Waals surface area contributed by atoms with Crippen molar-refractivity contribution < 1.29 is 0 Å². The average molecular weight is 708 g/mol. The summed E-state index contributed by atoms with van der Waals surface area (Å²) in [5.74, 6) is 0. The van der Waals surface area contributed by atoms with Crippen molar-refractivity contribution >= 4 is 7.26 Å². The van der Waals surface area contributed by atoms with Gasteiger partial charge in [-0.05, 0) is 52.4 Å². The van der Waals surface area contributed by atoms with E-state index in [0.717, 1.165) is 5.66 Å². The first kappa shape index (κ1) is 49.4. The summed E-state index contributed by atoms with van der Waals surface area (Å²) in [7, 11) is -0.815. The molecule has 0 spiro atoms. The van der Waals surface area contributed by atoms with Crippen molar-refractivity contribution in [3.05, 3.63) is 0 Å². The summed E-state index contributed by atoms with van der Waals surface area (Å²) < 4.78 is 0. The molecule has 0 rings (SSSR count). The number of hydrogen-bond donors (Lipinski definition) is 0. The number of hydrogen-bond acceptors (Lipinski definition) is 0. The standard InChI is InChI=1S/C48H100P/c1-6-9-12-15-18-21-24-27-30-33-36-39-42-45-49(48(4)5,46-43-40-37-34-31-28-25-22-19-16-13-10-7-2)47-44-41-38-35-32-29-26-23-20-17-14-11-8-3/h48H,6-47H2,1-5H3/q+1. The highest BCUT2D eigenvalue weighted by Crippen LogP contribution is 2.64. The van der Waals surface area contributed by atoms with Gasteiger partial charge in [-0.25, -0.2) is 0 Å². The molecule has 0 bridgehead atoms. The van der Waals surface area contributed by atoms with Gasteiger partial charge in [-0.3, -0.25) is 0 Å². The Labute approximate surface area is 315 Å². The van der Waals surface area contributed by atoms with Crippen molar-refractivity contribution in [3.63, 3.8) is 0 Å². The second kappa shape index (κ2) is 41.2. The summed E-state index contributed by atoms with van der Waals surface area (Å²) in [4.78, 5) is 0. The summed E-state index contributed by atoms with van der Waals surface area (Å²) in [5.41, 5.74) is 0.958. The van der Waals surface area contributed by atoms with Crippen LogP contribution in [0.4, 0.5) is 0 Å². The van der Waals surface area contributed by atoms with Crippen LogP contribution in [0.3, 0.4) is 0 Å². The normalized spacial score (nSPS) is 12.1. The monoisotopic (exact) mass is 708 g/mol. The smallest absolute Gasteiger partial charge is 0.0641 e. The Hall–Kier alpha value is 0.430. The molecule has 0 heterocycles. The lowest BCUT2D eigenvalue weighted by Gasteiger charge is -2.32. The first-order chi connectivity index (χ1) is 24.1. The Kier molecular flexibility index (Phi) is 41.6. The summed E-state index contributed by atoms with van der Waals surface area (Å²) in [6.45, 7) is 12.3. The fourth-order valence-corrected chi connectivity index (χ4v) is 13.2. The van der Waals surface area contributed by atoms with Crippen LogP contribution in [-0.4, -0.2) is 24.1 Å². The molecule has 0 aliphatic rings. The van der Waals surface area contributed by atoms with Gasteiger partial charge < -0.3 is 0 Å². The molecule has 0 unspecified atom stereocenters. The maximum absolute atomic E-state index is 2.64. The zero-order valence-electron chi connectivity index (χ0n) is 35.7. The number of rotatable bonds is 43. The minimum Gasteiger partial charge on any atom is -0.0654 e. The van der Waals surface area contributed by atoms with Crippen molar-refractivity contribution in [3.8, 4) is 0 Å². The van der Waals surface area contributed by atoms with E-state index in [1.807, 2.05) is 0 Å². The maximum Gasteiger partial charge on any atom is 0.0641 e. The molecule has 0 radical (unpaired) electrons. The van der Waals surface area contributed by atoms with Crippen LogP contribution in [-0.2, 0) is 0 Å². The average Bonchev–Trinajstić information content (AvgIpc) is 3.10. The van der Waals surface area contributed by atoms with E-state index in [1.54, 1.807) is 37.7 Å². The van der Waals surface area contributed by atoms with E-state index in [9.17, 15) is 0 Å². The topological polar surface area (TPSA) is 0 Å². The molecule has 0 saturated heterocycles. The van der Waals surface area contributed by atoms with Gasteiger partial charge in [-0.1, -0.05) is 233 Å². The van der Waals surface area contributed by atoms with Gasteiger partial charge in [0.2, 0.25) is 0 Å². The Morgan fingerprint density at radius 1 is 0.224 bits per heavy atom. The molecule has 0 aliphatic carbocycles. The molecule has 0 fully saturated rings. The van der Waals surface area contributed by atoms with Crippen LogP contribution in [0, 0.1) is 0 Å². The van der Waals surface area contributed by atoms with Crippen LogP contribution >= 0.6 is 7.26 Å². The number of unbranched alkanes of at least 4 members (excludes halogenated alkanes) is 36. The molecule has 0 aliphatic heterocycles. The molecule has 0 aromatic rings. The Morgan fingerprint density at radius 3 is 0.510 bits per heavy atom. The second-order valence-corrected chi connectivity index (χ2v) is 22.0. The predicted octanol–water partition coefficient (Wildman–Crippen LogP) is 18.7. The molecule has 0 N–H and O–H groups in total. The predicted molar refractivity (Wildman–Crippen MR) is 234 cm³/mol. The zero-order valence-corrected chi connectivity index (χ0v) is 36.6. The van der Waals surface area contributed by atoms with Crippen molar-refractivity contribution in [2.45, 2.75) is 291 Å². The summed E-state index contributed by atoms with van der Waals surface area (Å²) >= 11 is 0. The zero-order chi connectivity index (χ0) is 35.8. The lowest BCUT2D eigenvalue weighted by atomic mass is 10.0. The van der Waals surface area contributed by atoms with Crippen LogP contribution in [0.1, 0.15) is 285 Å². The first-order valence-electron chi connectivity index (χ1n) is 24.0. The van der Waals surface area contributed by atoms with Crippen molar-refractivity contribution in [1.82, 2.24) is 0 Å². The molecule has 0 saturated carbocycles. The van der Waals surface area contributed by atoms with Gasteiger partial charge in [0.1, 0.15) is 0 Å². The maximum atomic E-state index is 2.64. The minimum absolute atomic E-state index is 0.815. The second-order valence-electron chi connectivity index (χ2n) is 17.2. The molecule has 49 heavy (non-hydrogen) atoms. The van der Waals surface area contributed by atoms with E-state index in [4.69, 9.17) is 0 Å². The van der Waals surface area contributed by atoms with Gasteiger partial charge >= 0.3 is 0 Å². The first-order valence-corrected chi connectivity index (χ1v) is 26.4. The fourth-order valence-electron chi connectivity index (χ4n) is 8.44. The lowest BCUT2D eigenvalue weighted by Crippen LogP contribution is -2.18. The van der Waals surface area contributed by atoms with E-state index < -0.39 is 7.26 Å². The molecular formula is C48H100P+. The Morgan fingerprint density at radius 2 is 0.367 bits per heavy atom. The molecule has 0 atom stereocenters. The third kappa shape index (κ3) is 35.2. The van der Waals surface area contributed by atoms with Crippen molar-refractivity contribution in [1.29, 1.82) is 0 Å². The molecular weight excluding hydrogens is 608 g/mol. The highest BCUT2D eigenvalue weighted by atomic mass is 31.2. The molecule has 0 aromatic carbocycles. The van der Waals surface area contributed by atoms with Gasteiger partial charge in [0, 0.05) is 7.26 Å². The molecule has 1 heteroatoms. The van der Waals surface area contributed by atoms with Gasteiger partial charge in [0.25, 0.3) is 0 Å². The molecule has 0 amide bonds. The van der Waals surface area contributed by atoms with Crippen molar-refractivity contribution in [2.75, 3.05) is 18.5 Å². The third-order valence-corrected chi connectivity index (χ3v) is 18.0. The van der Waals surface area contributed by atoms with Gasteiger partial charge in [-0.15, -0.1) is 0 Å². The summed E-state index contributed by atoms with van der Waals surface area (Å²) in [6, 6.07) is 0. The summed E-state index contributed by atoms with van der Waals surface area (Å²) in [5, 5.41) is 0. The van der Waals surface area contributed by atoms with E-state index in [0.29, 0.717) is 0 Å². The van der Waals surface area contributed by atoms with Crippen molar-refractivity contribution in [2.24, 2.45) is 0 Å². The van der Waals surface area contributed by atoms with Gasteiger partial charge in [0.15, 0.2) is 0 Å². The SMILES string of the molecule is CCCCCCCCCCCCCCC[P+](CCCCCCCCCCCCCCC)(CCCCCCCCCCCCCCC)C(C)C. The van der Waals surface area contributed by atoms with Crippen LogP contribution < -0.4 is 0 Å². The quantitative estimate of drug-likeness (QED) is 0.0437. The molecule has 296 valence electrons. The highest BCUT2D eigenvalue weighted by molar-refractivity contribution is 7.76. The Balaban J connectivity index is 4.35.